The Morgan fingerprint density at radius 3 is 2.62 bits per heavy atom. The maximum absolute atomic E-state index is 13.5. The number of rotatable bonds is 4. The summed E-state index contributed by atoms with van der Waals surface area (Å²) < 4.78 is 13.5. The minimum Gasteiger partial charge on any atom is -0.332 e. The molecule has 0 saturated carbocycles. The molecule has 0 aliphatic heterocycles. The van der Waals surface area contributed by atoms with E-state index in [1.807, 2.05) is 6.07 Å². The molecule has 0 saturated heterocycles. The Morgan fingerprint density at radius 1 is 1.24 bits per heavy atom. The van der Waals surface area contributed by atoms with Gasteiger partial charge in [0.25, 0.3) is 5.91 Å². The number of carbonyl (C=O) groups excluding carboxylic acids is 2. The van der Waals surface area contributed by atoms with Gasteiger partial charge in [-0.3, -0.25) is 14.6 Å². The molecule has 1 heterocycles. The molecule has 0 radical (unpaired) electrons. The van der Waals surface area contributed by atoms with Crippen LogP contribution in [0.25, 0.3) is 0 Å². The van der Waals surface area contributed by atoms with Gasteiger partial charge in [0, 0.05) is 18.9 Å². The summed E-state index contributed by atoms with van der Waals surface area (Å²) in [5.74, 6) is -1.64. The first kappa shape index (κ1) is 14.6. The standard InChI is InChI=1S/C15H14FN3O2/c1-19(15(21)12-7-8-17-9-13(12)16)10-14(20)18-11-5-3-2-4-6-11/h2-9H,10H2,1H3,(H,18,20). The van der Waals surface area contributed by atoms with Crippen LogP contribution in [0.15, 0.2) is 48.8 Å². The highest BCUT2D eigenvalue weighted by Gasteiger charge is 2.18. The van der Waals surface area contributed by atoms with Gasteiger partial charge in [-0.1, -0.05) is 18.2 Å². The molecule has 0 aliphatic carbocycles. The zero-order valence-corrected chi connectivity index (χ0v) is 11.4. The maximum Gasteiger partial charge on any atom is 0.257 e. The van der Waals surface area contributed by atoms with Crippen molar-refractivity contribution in [3.05, 3.63) is 60.2 Å². The predicted octanol–water partition coefficient (Wildman–Crippen LogP) is 1.93. The molecule has 0 unspecified atom stereocenters. The molecule has 1 aromatic carbocycles. The lowest BCUT2D eigenvalue weighted by atomic mass is 10.2. The van der Waals surface area contributed by atoms with E-state index < -0.39 is 11.7 Å². The van der Waals surface area contributed by atoms with Crippen LogP contribution in [0.5, 0.6) is 0 Å². The first-order valence-corrected chi connectivity index (χ1v) is 6.28. The van der Waals surface area contributed by atoms with E-state index in [0.29, 0.717) is 5.69 Å². The summed E-state index contributed by atoms with van der Waals surface area (Å²) in [6.45, 7) is -0.171. The highest BCUT2D eigenvalue weighted by atomic mass is 19.1. The second-order valence-electron chi connectivity index (χ2n) is 4.43. The van der Waals surface area contributed by atoms with Gasteiger partial charge < -0.3 is 10.2 Å². The summed E-state index contributed by atoms with van der Waals surface area (Å²) in [6, 6.07) is 10.2. The normalized spacial score (nSPS) is 10.0. The van der Waals surface area contributed by atoms with Crippen LogP contribution in [0.4, 0.5) is 10.1 Å². The number of pyridine rings is 1. The Bertz CT molecular complexity index is 646. The fourth-order valence-electron chi connectivity index (χ4n) is 1.76. The topological polar surface area (TPSA) is 62.3 Å². The van der Waals surface area contributed by atoms with Gasteiger partial charge in [-0.15, -0.1) is 0 Å². The third-order valence-electron chi connectivity index (χ3n) is 2.79. The van der Waals surface area contributed by atoms with Crippen molar-refractivity contribution in [1.29, 1.82) is 0 Å². The van der Waals surface area contributed by atoms with Crippen LogP contribution >= 0.6 is 0 Å². The number of aromatic nitrogens is 1. The Labute approximate surface area is 121 Å². The van der Waals surface area contributed by atoms with E-state index in [-0.39, 0.29) is 18.0 Å². The summed E-state index contributed by atoms with van der Waals surface area (Å²) in [5, 5.41) is 2.65. The van der Waals surface area contributed by atoms with Crippen LogP contribution in [-0.4, -0.2) is 35.3 Å². The van der Waals surface area contributed by atoms with Crippen LogP contribution in [0.2, 0.25) is 0 Å². The smallest absolute Gasteiger partial charge is 0.257 e. The number of hydrogen-bond acceptors (Lipinski definition) is 3. The highest BCUT2D eigenvalue weighted by Crippen LogP contribution is 2.08. The minimum absolute atomic E-state index is 0.111. The van der Waals surface area contributed by atoms with Crippen LogP contribution in [-0.2, 0) is 4.79 Å². The average Bonchev–Trinajstić information content (AvgIpc) is 2.48. The van der Waals surface area contributed by atoms with Gasteiger partial charge >= 0.3 is 0 Å². The molecular formula is C15H14FN3O2. The van der Waals surface area contributed by atoms with Crippen molar-refractivity contribution in [2.24, 2.45) is 0 Å². The Hall–Kier alpha value is -2.76. The highest BCUT2D eigenvalue weighted by molar-refractivity contribution is 5.99. The summed E-state index contributed by atoms with van der Waals surface area (Å²) >= 11 is 0. The number of nitrogens with zero attached hydrogens (tertiary/aromatic N) is 2. The summed E-state index contributed by atoms with van der Waals surface area (Å²) in [7, 11) is 1.44. The second-order valence-corrected chi connectivity index (χ2v) is 4.43. The molecule has 5 nitrogen and oxygen atoms in total. The lowest BCUT2D eigenvalue weighted by Crippen LogP contribution is -2.35. The maximum atomic E-state index is 13.5. The summed E-state index contributed by atoms with van der Waals surface area (Å²) in [6.07, 6.45) is 2.29. The molecule has 1 N–H and O–H groups in total. The van der Waals surface area contributed by atoms with Crippen LogP contribution in [0, 0.1) is 5.82 Å². The summed E-state index contributed by atoms with van der Waals surface area (Å²) in [5.41, 5.74) is 0.526. The predicted molar refractivity (Wildman–Crippen MR) is 76.2 cm³/mol. The quantitative estimate of drug-likeness (QED) is 0.934. The van der Waals surface area contributed by atoms with Crippen molar-refractivity contribution in [2.75, 3.05) is 18.9 Å². The molecule has 1 aromatic heterocycles. The Kier molecular flexibility index (Phi) is 4.61. The first-order valence-electron chi connectivity index (χ1n) is 6.28. The van der Waals surface area contributed by atoms with Gasteiger partial charge in [-0.05, 0) is 18.2 Å². The molecule has 0 aliphatic rings. The van der Waals surface area contributed by atoms with Crippen LogP contribution in [0.3, 0.4) is 0 Å². The Balaban J connectivity index is 1.98. The van der Waals surface area contributed by atoms with E-state index in [4.69, 9.17) is 0 Å². The van der Waals surface area contributed by atoms with Gasteiger partial charge in [-0.2, -0.15) is 0 Å². The lowest BCUT2D eigenvalue weighted by molar-refractivity contribution is -0.116. The molecule has 2 amide bonds. The molecule has 6 heteroatoms. The molecular weight excluding hydrogens is 273 g/mol. The monoisotopic (exact) mass is 287 g/mol. The number of halogens is 1. The van der Waals surface area contributed by atoms with Gasteiger partial charge in [-0.25, -0.2) is 4.39 Å². The fourth-order valence-corrected chi connectivity index (χ4v) is 1.76. The largest absolute Gasteiger partial charge is 0.332 e. The van der Waals surface area contributed by atoms with Crippen molar-refractivity contribution in [3.8, 4) is 0 Å². The molecule has 2 rings (SSSR count). The number of amides is 2. The van der Waals surface area contributed by atoms with E-state index >= 15 is 0 Å². The molecule has 0 bridgehead atoms. The molecule has 21 heavy (non-hydrogen) atoms. The van der Waals surface area contributed by atoms with Crippen molar-refractivity contribution < 1.29 is 14.0 Å². The molecule has 108 valence electrons. The SMILES string of the molecule is CN(CC(=O)Nc1ccccc1)C(=O)c1ccncc1F. The number of likely N-dealkylation sites (N-methyl/N-ethyl adjacent to an activating group) is 1. The third kappa shape index (κ3) is 3.85. The zero-order valence-electron chi connectivity index (χ0n) is 11.4. The van der Waals surface area contributed by atoms with Crippen molar-refractivity contribution >= 4 is 17.5 Å². The van der Waals surface area contributed by atoms with E-state index in [1.165, 1.54) is 19.3 Å². The number of carbonyl (C=O) groups is 2. The van der Waals surface area contributed by atoms with Crippen LogP contribution < -0.4 is 5.32 Å². The lowest BCUT2D eigenvalue weighted by Gasteiger charge is -2.17. The number of para-hydroxylation sites is 1. The average molecular weight is 287 g/mol. The molecule has 2 aromatic rings. The fraction of sp³-hybridized carbons (Fsp3) is 0.133. The van der Waals surface area contributed by atoms with E-state index in [9.17, 15) is 14.0 Å². The van der Waals surface area contributed by atoms with Crippen LogP contribution in [0.1, 0.15) is 10.4 Å². The van der Waals surface area contributed by atoms with Gasteiger partial charge in [0.1, 0.15) is 0 Å². The minimum atomic E-state index is -0.710. The molecule has 0 fully saturated rings. The van der Waals surface area contributed by atoms with Crippen molar-refractivity contribution in [3.63, 3.8) is 0 Å². The zero-order chi connectivity index (χ0) is 15.2. The second kappa shape index (κ2) is 6.60. The molecule has 0 spiro atoms. The molecule has 0 atom stereocenters. The van der Waals surface area contributed by atoms with E-state index in [0.717, 1.165) is 11.1 Å². The number of anilines is 1. The van der Waals surface area contributed by atoms with E-state index in [1.54, 1.807) is 24.3 Å². The van der Waals surface area contributed by atoms with Gasteiger partial charge in [0.05, 0.1) is 18.3 Å². The summed E-state index contributed by atoms with van der Waals surface area (Å²) in [4.78, 5) is 28.6. The third-order valence-corrected chi connectivity index (χ3v) is 2.79. The number of hydrogen-bond donors (Lipinski definition) is 1. The number of benzene rings is 1. The van der Waals surface area contributed by atoms with E-state index in [2.05, 4.69) is 10.3 Å². The van der Waals surface area contributed by atoms with Gasteiger partial charge in [0.15, 0.2) is 5.82 Å². The number of nitrogens with one attached hydrogen (secondary N) is 1. The first-order chi connectivity index (χ1) is 10.1. The van der Waals surface area contributed by atoms with Gasteiger partial charge in [0.2, 0.25) is 5.91 Å². The van der Waals surface area contributed by atoms with Crippen molar-refractivity contribution in [2.45, 2.75) is 0 Å². The Morgan fingerprint density at radius 2 is 1.95 bits per heavy atom. The van der Waals surface area contributed by atoms with Crippen molar-refractivity contribution in [1.82, 2.24) is 9.88 Å².